The van der Waals surface area contributed by atoms with Crippen molar-refractivity contribution in [3.05, 3.63) is 59.5 Å². The first-order valence-electron chi connectivity index (χ1n) is 8.92. The average molecular weight is 341 g/mol. The summed E-state index contributed by atoms with van der Waals surface area (Å²) in [6, 6.07) is 10.1. The van der Waals surface area contributed by atoms with Crippen LogP contribution in [0.5, 0.6) is 0 Å². The standard InChI is InChI=1S/C20H24FN3O/c21-18-8-5-16(6-9-18)13-20(25)23-15-17-7-10-19(22-14-17)24-11-3-1-2-4-12-24/h5-10,14H,1-4,11-13,15H2,(H,23,25). The lowest BCUT2D eigenvalue weighted by Crippen LogP contribution is -2.26. The predicted molar refractivity (Wildman–Crippen MR) is 96.9 cm³/mol. The van der Waals surface area contributed by atoms with E-state index in [0.29, 0.717) is 6.54 Å². The molecular formula is C20H24FN3O. The maximum absolute atomic E-state index is 12.9. The number of hydrogen-bond acceptors (Lipinski definition) is 3. The third-order valence-corrected chi connectivity index (χ3v) is 4.51. The Kier molecular flexibility index (Phi) is 5.99. The molecule has 1 amide bonds. The highest BCUT2D eigenvalue weighted by molar-refractivity contribution is 5.78. The summed E-state index contributed by atoms with van der Waals surface area (Å²) in [4.78, 5) is 18.9. The van der Waals surface area contributed by atoms with Gasteiger partial charge in [0.15, 0.2) is 0 Å². The van der Waals surface area contributed by atoms with Crippen molar-refractivity contribution in [3.63, 3.8) is 0 Å². The molecule has 1 aliphatic heterocycles. The highest BCUT2D eigenvalue weighted by Crippen LogP contribution is 2.17. The van der Waals surface area contributed by atoms with Crippen molar-refractivity contribution in [3.8, 4) is 0 Å². The summed E-state index contributed by atoms with van der Waals surface area (Å²) in [7, 11) is 0. The Labute approximate surface area is 148 Å². The second-order valence-corrected chi connectivity index (χ2v) is 6.51. The van der Waals surface area contributed by atoms with E-state index in [0.717, 1.165) is 30.0 Å². The molecule has 25 heavy (non-hydrogen) atoms. The molecule has 0 saturated carbocycles. The summed E-state index contributed by atoms with van der Waals surface area (Å²) in [6.45, 7) is 2.59. The Morgan fingerprint density at radius 3 is 2.32 bits per heavy atom. The molecule has 0 aliphatic carbocycles. The van der Waals surface area contributed by atoms with E-state index < -0.39 is 0 Å². The van der Waals surface area contributed by atoms with Crippen molar-refractivity contribution in [2.24, 2.45) is 0 Å². The van der Waals surface area contributed by atoms with E-state index in [1.807, 2.05) is 18.3 Å². The van der Waals surface area contributed by atoms with Crippen LogP contribution in [0.3, 0.4) is 0 Å². The van der Waals surface area contributed by atoms with Gasteiger partial charge in [-0.25, -0.2) is 9.37 Å². The van der Waals surface area contributed by atoms with E-state index in [2.05, 4.69) is 15.2 Å². The molecule has 5 heteroatoms. The summed E-state index contributed by atoms with van der Waals surface area (Å²) in [6.07, 6.45) is 7.13. The lowest BCUT2D eigenvalue weighted by molar-refractivity contribution is -0.120. The summed E-state index contributed by atoms with van der Waals surface area (Å²) in [5.41, 5.74) is 1.78. The fourth-order valence-electron chi connectivity index (χ4n) is 3.06. The van der Waals surface area contributed by atoms with Crippen LogP contribution in [-0.4, -0.2) is 24.0 Å². The van der Waals surface area contributed by atoms with E-state index in [1.54, 1.807) is 12.1 Å². The van der Waals surface area contributed by atoms with Crippen molar-refractivity contribution in [1.29, 1.82) is 0 Å². The molecule has 0 bridgehead atoms. The van der Waals surface area contributed by atoms with Crippen LogP contribution in [0.4, 0.5) is 10.2 Å². The summed E-state index contributed by atoms with van der Waals surface area (Å²) in [5.74, 6) is 0.645. The molecule has 1 aromatic carbocycles. The Balaban J connectivity index is 1.49. The van der Waals surface area contributed by atoms with Crippen molar-refractivity contribution < 1.29 is 9.18 Å². The van der Waals surface area contributed by atoms with Gasteiger partial charge < -0.3 is 10.2 Å². The molecule has 0 unspecified atom stereocenters. The van der Waals surface area contributed by atoms with Crippen LogP contribution in [0.25, 0.3) is 0 Å². The maximum atomic E-state index is 12.9. The normalized spacial score (nSPS) is 14.8. The zero-order valence-electron chi connectivity index (χ0n) is 14.4. The minimum Gasteiger partial charge on any atom is -0.357 e. The first kappa shape index (κ1) is 17.4. The van der Waals surface area contributed by atoms with Gasteiger partial charge in [0, 0.05) is 25.8 Å². The van der Waals surface area contributed by atoms with Gasteiger partial charge in [0.1, 0.15) is 11.6 Å². The van der Waals surface area contributed by atoms with E-state index >= 15 is 0 Å². The van der Waals surface area contributed by atoms with Crippen LogP contribution >= 0.6 is 0 Å². The van der Waals surface area contributed by atoms with Crippen molar-refractivity contribution in [1.82, 2.24) is 10.3 Å². The number of anilines is 1. The van der Waals surface area contributed by atoms with E-state index in [1.165, 1.54) is 37.8 Å². The van der Waals surface area contributed by atoms with Crippen LogP contribution in [0.2, 0.25) is 0 Å². The zero-order valence-corrected chi connectivity index (χ0v) is 14.4. The van der Waals surface area contributed by atoms with E-state index in [4.69, 9.17) is 0 Å². The van der Waals surface area contributed by atoms with Crippen LogP contribution in [-0.2, 0) is 17.8 Å². The SMILES string of the molecule is O=C(Cc1ccc(F)cc1)NCc1ccc(N2CCCCCC2)nc1. The molecule has 2 heterocycles. The second kappa shape index (κ2) is 8.60. The van der Waals surface area contributed by atoms with Crippen molar-refractivity contribution in [2.45, 2.75) is 38.6 Å². The van der Waals surface area contributed by atoms with Gasteiger partial charge in [-0.2, -0.15) is 0 Å². The Bertz CT molecular complexity index is 677. The minimum atomic E-state index is -0.292. The monoisotopic (exact) mass is 341 g/mol. The highest BCUT2D eigenvalue weighted by Gasteiger charge is 2.11. The number of carbonyl (C=O) groups excluding carboxylic acids is 1. The van der Waals surface area contributed by atoms with Gasteiger partial charge in [0.2, 0.25) is 5.91 Å². The van der Waals surface area contributed by atoms with Gasteiger partial charge in [0.25, 0.3) is 0 Å². The molecule has 4 nitrogen and oxygen atoms in total. The zero-order chi connectivity index (χ0) is 17.5. The molecule has 1 aromatic heterocycles. The molecule has 1 fully saturated rings. The third-order valence-electron chi connectivity index (χ3n) is 4.51. The number of aromatic nitrogens is 1. The minimum absolute atomic E-state index is 0.0804. The molecular weight excluding hydrogens is 317 g/mol. The Morgan fingerprint density at radius 1 is 1.00 bits per heavy atom. The van der Waals surface area contributed by atoms with Gasteiger partial charge in [-0.15, -0.1) is 0 Å². The van der Waals surface area contributed by atoms with Gasteiger partial charge in [-0.05, 0) is 42.2 Å². The molecule has 0 radical (unpaired) electrons. The lowest BCUT2D eigenvalue weighted by atomic mass is 10.1. The molecule has 1 N–H and O–H groups in total. The van der Waals surface area contributed by atoms with Gasteiger partial charge in [0.05, 0.1) is 6.42 Å². The fourth-order valence-corrected chi connectivity index (χ4v) is 3.06. The quantitative estimate of drug-likeness (QED) is 0.906. The number of hydrogen-bond donors (Lipinski definition) is 1. The molecule has 0 atom stereocenters. The van der Waals surface area contributed by atoms with Gasteiger partial charge in [-0.3, -0.25) is 4.79 Å². The average Bonchev–Trinajstić information content (AvgIpc) is 2.92. The molecule has 0 spiro atoms. The van der Waals surface area contributed by atoms with Gasteiger partial charge in [-0.1, -0.05) is 31.0 Å². The smallest absolute Gasteiger partial charge is 0.224 e. The number of benzene rings is 1. The summed E-state index contributed by atoms with van der Waals surface area (Å²) < 4.78 is 12.9. The Hall–Kier alpha value is -2.43. The first-order chi connectivity index (χ1) is 12.2. The largest absolute Gasteiger partial charge is 0.357 e. The van der Waals surface area contributed by atoms with Crippen molar-refractivity contribution in [2.75, 3.05) is 18.0 Å². The summed E-state index contributed by atoms with van der Waals surface area (Å²) in [5, 5.41) is 2.88. The van der Waals surface area contributed by atoms with Crippen LogP contribution < -0.4 is 10.2 Å². The topological polar surface area (TPSA) is 45.2 Å². The fraction of sp³-hybridized carbons (Fsp3) is 0.400. The predicted octanol–water partition coefficient (Wildman–Crippen LogP) is 3.46. The third kappa shape index (κ3) is 5.28. The number of pyridine rings is 1. The van der Waals surface area contributed by atoms with Crippen LogP contribution in [0.15, 0.2) is 42.6 Å². The number of amides is 1. The molecule has 132 valence electrons. The number of halogens is 1. The molecule has 3 rings (SSSR count). The van der Waals surface area contributed by atoms with Crippen LogP contribution in [0.1, 0.15) is 36.8 Å². The van der Waals surface area contributed by atoms with Crippen molar-refractivity contribution >= 4 is 11.7 Å². The number of carbonyl (C=O) groups is 1. The Morgan fingerprint density at radius 2 is 1.68 bits per heavy atom. The molecule has 1 aliphatic rings. The number of rotatable bonds is 5. The molecule has 2 aromatic rings. The van der Waals surface area contributed by atoms with E-state index in [9.17, 15) is 9.18 Å². The number of nitrogens with one attached hydrogen (secondary N) is 1. The maximum Gasteiger partial charge on any atom is 0.224 e. The number of nitrogens with zero attached hydrogens (tertiary/aromatic N) is 2. The van der Waals surface area contributed by atoms with Gasteiger partial charge >= 0.3 is 0 Å². The van der Waals surface area contributed by atoms with Crippen LogP contribution in [0, 0.1) is 5.82 Å². The first-order valence-corrected chi connectivity index (χ1v) is 8.92. The lowest BCUT2D eigenvalue weighted by Gasteiger charge is -2.21. The second-order valence-electron chi connectivity index (χ2n) is 6.51. The van der Waals surface area contributed by atoms with E-state index in [-0.39, 0.29) is 18.1 Å². The summed E-state index contributed by atoms with van der Waals surface area (Å²) >= 11 is 0. The molecule has 1 saturated heterocycles. The highest BCUT2D eigenvalue weighted by atomic mass is 19.1.